The molecule has 1 saturated heterocycles. The minimum absolute atomic E-state index is 0.565. The number of hydrogen-bond donors (Lipinski definition) is 0. The first-order valence-corrected chi connectivity index (χ1v) is 6.14. The van der Waals surface area contributed by atoms with E-state index in [1.54, 1.807) is 6.08 Å². The molecule has 2 rings (SSSR count). The summed E-state index contributed by atoms with van der Waals surface area (Å²) >= 11 is 6.14. The van der Waals surface area contributed by atoms with Crippen LogP contribution < -0.4 is 4.90 Å². The summed E-state index contributed by atoms with van der Waals surface area (Å²) in [7, 11) is 0. The van der Waals surface area contributed by atoms with E-state index in [9.17, 15) is 0 Å². The van der Waals surface area contributed by atoms with Crippen molar-refractivity contribution >= 4 is 23.5 Å². The van der Waals surface area contributed by atoms with Gasteiger partial charge in [0.2, 0.25) is 0 Å². The summed E-state index contributed by atoms with van der Waals surface area (Å²) in [6.07, 6.45) is 5.60. The van der Waals surface area contributed by atoms with E-state index in [1.165, 1.54) is 19.3 Å². The molecule has 0 unspecified atom stereocenters. The molecular formula is C13H17ClN2. The van der Waals surface area contributed by atoms with Gasteiger partial charge in [0, 0.05) is 18.7 Å². The molecular weight excluding hydrogens is 220 g/mol. The Kier molecular flexibility index (Phi) is 3.49. The van der Waals surface area contributed by atoms with Crippen LogP contribution >= 0.6 is 11.6 Å². The van der Waals surface area contributed by atoms with E-state index in [0.29, 0.717) is 5.15 Å². The lowest BCUT2D eigenvalue weighted by Crippen LogP contribution is -2.30. The second-order valence-electron chi connectivity index (χ2n) is 4.25. The van der Waals surface area contributed by atoms with Crippen LogP contribution in [0.15, 0.2) is 12.6 Å². The summed E-state index contributed by atoms with van der Waals surface area (Å²) in [5.41, 5.74) is 2.10. The van der Waals surface area contributed by atoms with E-state index in [4.69, 9.17) is 11.6 Å². The van der Waals surface area contributed by atoms with Gasteiger partial charge < -0.3 is 4.90 Å². The molecule has 0 spiro atoms. The minimum atomic E-state index is 0.565. The predicted molar refractivity (Wildman–Crippen MR) is 70.1 cm³/mol. The van der Waals surface area contributed by atoms with Crippen LogP contribution in [-0.2, 0) is 0 Å². The van der Waals surface area contributed by atoms with Gasteiger partial charge in [-0.2, -0.15) is 0 Å². The molecule has 0 radical (unpaired) electrons. The van der Waals surface area contributed by atoms with Gasteiger partial charge in [0.1, 0.15) is 11.0 Å². The summed E-state index contributed by atoms with van der Waals surface area (Å²) < 4.78 is 0. The number of piperidine rings is 1. The molecule has 0 aromatic carbocycles. The third-order valence-electron chi connectivity index (χ3n) is 3.09. The third-order valence-corrected chi connectivity index (χ3v) is 3.38. The van der Waals surface area contributed by atoms with Crippen LogP contribution in [0, 0.1) is 6.92 Å². The lowest BCUT2D eigenvalue weighted by Gasteiger charge is -2.28. The molecule has 0 saturated carbocycles. The third kappa shape index (κ3) is 2.22. The number of halogens is 1. The van der Waals surface area contributed by atoms with Crippen LogP contribution in [0.1, 0.15) is 30.4 Å². The zero-order valence-electron chi connectivity index (χ0n) is 9.67. The Labute approximate surface area is 102 Å². The van der Waals surface area contributed by atoms with Crippen molar-refractivity contribution in [3.8, 4) is 0 Å². The summed E-state index contributed by atoms with van der Waals surface area (Å²) in [5.74, 6) is 1.01. The fourth-order valence-corrected chi connectivity index (χ4v) is 2.47. The summed E-state index contributed by atoms with van der Waals surface area (Å²) in [6.45, 7) is 8.00. The standard InChI is InChI=1S/C13H17ClN2/c1-3-11-10(2)9-12(15-13(11)14)16-7-5-4-6-8-16/h3,9H,1,4-8H2,2H3. The smallest absolute Gasteiger partial charge is 0.138 e. The lowest BCUT2D eigenvalue weighted by molar-refractivity contribution is 0.573. The molecule has 1 aromatic heterocycles. The van der Waals surface area contributed by atoms with Crippen LogP contribution in [0.4, 0.5) is 5.82 Å². The van der Waals surface area contributed by atoms with Gasteiger partial charge in [-0.15, -0.1) is 0 Å². The van der Waals surface area contributed by atoms with Crippen molar-refractivity contribution in [2.75, 3.05) is 18.0 Å². The predicted octanol–water partition coefficient (Wildman–Crippen LogP) is 3.68. The molecule has 2 heterocycles. The average molecular weight is 237 g/mol. The van der Waals surface area contributed by atoms with Gasteiger partial charge in [0.05, 0.1) is 0 Å². The molecule has 16 heavy (non-hydrogen) atoms. The fraction of sp³-hybridized carbons (Fsp3) is 0.462. The van der Waals surface area contributed by atoms with Crippen molar-refractivity contribution < 1.29 is 0 Å². The highest BCUT2D eigenvalue weighted by Crippen LogP contribution is 2.25. The van der Waals surface area contributed by atoms with Gasteiger partial charge >= 0.3 is 0 Å². The van der Waals surface area contributed by atoms with E-state index in [0.717, 1.165) is 30.0 Å². The highest BCUT2D eigenvalue weighted by Gasteiger charge is 2.14. The van der Waals surface area contributed by atoms with Crippen LogP contribution in [0.2, 0.25) is 5.15 Å². The van der Waals surface area contributed by atoms with E-state index in [1.807, 2.05) is 0 Å². The maximum atomic E-state index is 6.14. The first-order chi connectivity index (χ1) is 7.72. The summed E-state index contributed by atoms with van der Waals surface area (Å²) in [6, 6.07) is 2.11. The Morgan fingerprint density at radius 1 is 1.38 bits per heavy atom. The molecule has 0 atom stereocenters. The van der Waals surface area contributed by atoms with Crippen molar-refractivity contribution in [2.45, 2.75) is 26.2 Å². The normalized spacial score (nSPS) is 16.2. The van der Waals surface area contributed by atoms with Gasteiger partial charge in [0.15, 0.2) is 0 Å². The molecule has 86 valence electrons. The minimum Gasteiger partial charge on any atom is -0.357 e. The van der Waals surface area contributed by atoms with Crippen LogP contribution in [0.3, 0.4) is 0 Å². The molecule has 1 fully saturated rings. The topological polar surface area (TPSA) is 16.1 Å². The Bertz CT molecular complexity index is 372. The molecule has 3 heteroatoms. The van der Waals surface area contributed by atoms with Crippen molar-refractivity contribution in [1.29, 1.82) is 0 Å². The number of aryl methyl sites for hydroxylation is 1. The summed E-state index contributed by atoms with van der Waals surface area (Å²) in [4.78, 5) is 6.76. The molecule has 2 nitrogen and oxygen atoms in total. The van der Waals surface area contributed by atoms with Crippen LogP contribution in [0.25, 0.3) is 6.08 Å². The molecule has 0 bridgehead atoms. The first kappa shape index (κ1) is 11.5. The van der Waals surface area contributed by atoms with E-state index >= 15 is 0 Å². The zero-order valence-corrected chi connectivity index (χ0v) is 10.4. The van der Waals surface area contributed by atoms with E-state index in [2.05, 4.69) is 29.5 Å². The van der Waals surface area contributed by atoms with Crippen LogP contribution in [0.5, 0.6) is 0 Å². The van der Waals surface area contributed by atoms with Gasteiger partial charge in [-0.25, -0.2) is 4.98 Å². The maximum absolute atomic E-state index is 6.14. The molecule has 1 aromatic rings. The van der Waals surface area contributed by atoms with Crippen molar-refractivity contribution in [3.63, 3.8) is 0 Å². The monoisotopic (exact) mass is 236 g/mol. The van der Waals surface area contributed by atoms with Crippen molar-refractivity contribution in [3.05, 3.63) is 28.9 Å². The number of anilines is 1. The quantitative estimate of drug-likeness (QED) is 0.729. The molecule has 0 aliphatic carbocycles. The second kappa shape index (κ2) is 4.88. The number of nitrogens with zero attached hydrogens (tertiary/aromatic N) is 2. The SMILES string of the molecule is C=Cc1c(C)cc(N2CCCCC2)nc1Cl. The Morgan fingerprint density at radius 2 is 2.06 bits per heavy atom. The fourth-order valence-electron chi connectivity index (χ4n) is 2.16. The Morgan fingerprint density at radius 3 is 2.62 bits per heavy atom. The molecule has 0 amide bonds. The van der Waals surface area contributed by atoms with Gasteiger partial charge in [0.25, 0.3) is 0 Å². The number of pyridine rings is 1. The summed E-state index contributed by atoms with van der Waals surface area (Å²) in [5, 5.41) is 0.565. The second-order valence-corrected chi connectivity index (χ2v) is 4.61. The maximum Gasteiger partial charge on any atom is 0.138 e. The largest absolute Gasteiger partial charge is 0.357 e. The number of rotatable bonds is 2. The zero-order chi connectivity index (χ0) is 11.5. The Balaban J connectivity index is 2.31. The number of hydrogen-bond acceptors (Lipinski definition) is 2. The number of aromatic nitrogens is 1. The van der Waals surface area contributed by atoms with E-state index in [-0.39, 0.29) is 0 Å². The van der Waals surface area contributed by atoms with E-state index < -0.39 is 0 Å². The molecule has 1 aliphatic heterocycles. The van der Waals surface area contributed by atoms with Crippen molar-refractivity contribution in [2.24, 2.45) is 0 Å². The van der Waals surface area contributed by atoms with Crippen molar-refractivity contribution in [1.82, 2.24) is 4.98 Å². The average Bonchev–Trinajstić information content (AvgIpc) is 2.30. The lowest BCUT2D eigenvalue weighted by atomic mass is 10.1. The molecule has 1 aliphatic rings. The highest BCUT2D eigenvalue weighted by molar-refractivity contribution is 6.31. The van der Waals surface area contributed by atoms with Gasteiger partial charge in [-0.1, -0.05) is 24.3 Å². The molecule has 0 N–H and O–H groups in total. The highest BCUT2D eigenvalue weighted by atomic mass is 35.5. The van der Waals surface area contributed by atoms with Gasteiger partial charge in [-0.05, 0) is 37.8 Å². The van der Waals surface area contributed by atoms with Crippen LogP contribution in [-0.4, -0.2) is 18.1 Å². The first-order valence-electron chi connectivity index (χ1n) is 5.77. The van der Waals surface area contributed by atoms with Gasteiger partial charge in [-0.3, -0.25) is 0 Å². The Hall–Kier alpha value is -1.02.